The number of hydrogen-bond donors (Lipinski definition) is 0. The van der Waals surface area contributed by atoms with Crippen molar-refractivity contribution in [2.24, 2.45) is 17.8 Å². The average Bonchev–Trinajstić information content (AvgIpc) is 2.60. The molecule has 1 fully saturated rings. The predicted octanol–water partition coefficient (Wildman–Crippen LogP) is 1.76. The summed E-state index contributed by atoms with van der Waals surface area (Å²) in [5, 5.41) is 0. The van der Waals surface area contributed by atoms with E-state index in [-0.39, 0.29) is 5.97 Å². The molecule has 0 N–H and O–H groups in total. The first-order valence-corrected chi connectivity index (χ1v) is 4.57. The predicted molar refractivity (Wildman–Crippen MR) is 45.5 cm³/mol. The van der Waals surface area contributed by atoms with Crippen LogP contribution in [0.3, 0.4) is 0 Å². The molecule has 1 unspecified atom stereocenters. The average molecular weight is 166 g/mol. The molecule has 66 valence electrons. The van der Waals surface area contributed by atoms with Gasteiger partial charge in [-0.05, 0) is 30.6 Å². The Bertz CT molecular complexity index is 220. The van der Waals surface area contributed by atoms with Crippen molar-refractivity contribution in [2.75, 3.05) is 6.61 Å². The van der Waals surface area contributed by atoms with Gasteiger partial charge in [-0.3, -0.25) is 4.79 Å². The molecular formula is C10H14O2. The lowest BCUT2D eigenvalue weighted by Gasteiger charge is -2.16. The zero-order valence-corrected chi connectivity index (χ0v) is 7.32. The van der Waals surface area contributed by atoms with Crippen molar-refractivity contribution in [3.63, 3.8) is 0 Å². The molecular weight excluding hydrogens is 152 g/mol. The molecule has 0 aromatic carbocycles. The van der Waals surface area contributed by atoms with E-state index in [1.807, 2.05) is 0 Å². The Hall–Kier alpha value is -0.790. The summed E-state index contributed by atoms with van der Waals surface area (Å²) in [6.07, 6.45) is 7.08. The minimum absolute atomic E-state index is 0.151. The van der Waals surface area contributed by atoms with E-state index in [0.29, 0.717) is 18.4 Å². The third-order valence-electron chi connectivity index (χ3n) is 2.92. The highest BCUT2D eigenvalue weighted by Crippen LogP contribution is 2.43. The van der Waals surface area contributed by atoms with Crippen molar-refractivity contribution >= 4 is 5.97 Å². The molecule has 0 radical (unpaired) electrons. The number of esters is 1. The van der Waals surface area contributed by atoms with Gasteiger partial charge in [0.25, 0.3) is 0 Å². The van der Waals surface area contributed by atoms with Crippen LogP contribution in [0.1, 0.15) is 19.8 Å². The Morgan fingerprint density at radius 1 is 1.50 bits per heavy atom. The van der Waals surface area contributed by atoms with Crippen LogP contribution >= 0.6 is 0 Å². The second-order valence-electron chi connectivity index (χ2n) is 3.84. The van der Waals surface area contributed by atoms with Crippen LogP contribution in [0.2, 0.25) is 0 Å². The van der Waals surface area contributed by atoms with Gasteiger partial charge in [-0.1, -0.05) is 12.2 Å². The third-order valence-corrected chi connectivity index (χ3v) is 2.92. The van der Waals surface area contributed by atoms with Crippen LogP contribution in [0.25, 0.3) is 0 Å². The first kappa shape index (κ1) is 7.84. The zero-order valence-electron chi connectivity index (χ0n) is 7.32. The van der Waals surface area contributed by atoms with E-state index in [9.17, 15) is 4.79 Å². The van der Waals surface area contributed by atoms with Crippen molar-refractivity contribution in [1.29, 1.82) is 0 Å². The fourth-order valence-corrected chi connectivity index (χ4v) is 2.31. The maximum absolute atomic E-state index is 10.6. The van der Waals surface area contributed by atoms with E-state index in [1.54, 1.807) is 0 Å². The Kier molecular flexibility index (Phi) is 1.91. The van der Waals surface area contributed by atoms with Crippen molar-refractivity contribution in [3.05, 3.63) is 12.2 Å². The topological polar surface area (TPSA) is 26.3 Å². The molecule has 1 saturated carbocycles. The van der Waals surface area contributed by atoms with E-state index in [0.717, 1.165) is 5.92 Å². The molecule has 0 saturated heterocycles. The van der Waals surface area contributed by atoms with Crippen molar-refractivity contribution in [1.82, 2.24) is 0 Å². The van der Waals surface area contributed by atoms with E-state index >= 15 is 0 Å². The molecule has 3 atom stereocenters. The number of rotatable bonds is 2. The van der Waals surface area contributed by atoms with Gasteiger partial charge in [0.2, 0.25) is 0 Å². The molecule has 0 heterocycles. The van der Waals surface area contributed by atoms with Gasteiger partial charge < -0.3 is 4.74 Å². The van der Waals surface area contributed by atoms with Crippen LogP contribution in [-0.4, -0.2) is 12.6 Å². The summed E-state index contributed by atoms with van der Waals surface area (Å²) in [6.45, 7) is 2.10. The summed E-state index contributed by atoms with van der Waals surface area (Å²) in [4.78, 5) is 10.6. The van der Waals surface area contributed by atoms with Gasteiger partial charge in [-0.25, -0.2) is 0 Å². The first-order chi connectivity index (χ1) is 5.75. The molecule has 2 nitrogen and oxygen atoms in total. The van der Waals surface area contributed by atoms with Crippen LogP contribution in [0.15, 0.2) is 12.2 Å². The Labute approximate surface area is 72.6 Å². The maximum Gasteiger partial charge on any atom is 0.302 e. The third kappa shape index (κ3) is 1.38. The molecule has 0 aromatic rings. The molecule has 0 aliphatic heterocycles. The van der Waals surface area contributed by atoms with Gasteiger partial charge >= 0.3 is 5.97 Å². The highest BCUT2D eigenvalue weighted by atomic mass is 16.5. The van der Waals surface area contributed by atoms with Gasteiger partial charge in [0, 0.05) is 6.92 Å². The highest BCUT2D eigenvalue weighted by Gasteiger charge is 2.35. The molecule has 12 heavy (non-hydrogen) atoms. The summed E-state index contributed by atoms with van der Waals surface area (Å²) in [6, 6.07) is 0. The fraction of sp³-hybridized carbons (Fsp3) is 0.700. The largest absolute Gasteiger partial charge is 0.466 e. The monoisotopic (exact) mass is 166 g/mol. The molecule has 2 bridgehead atoms. The number of carbonyl (C=O) groups is 1. The van der Waals surface area contributed by atoms with Gasteiger partial charge in [-0.2, -0.15) is 0 Å². The van der Waals surface area contributed by atoms with Crippen LogP contribution in [-0.2, 0) is 9.53 Å². The van der Waals surface area contributed by atoms with Crippen molar-refractivity contribution in [3.8, 4) is 0 Å². The smallest absolute Gasteiger partial charge is 0.302 e. The molecule has 0 spiro atoms. The summed E-state index contributed by atoms with van der Waals surface area (Å²) < 4.78 is 5.01. The Morgan fingerprint density at radius 2 is 2.33 bits per heavy atom. The number of allylic oxidation sites excluding steroid dienone is 2. The zero-order chi connectivity index (χ0) is 8.55. The van der Waals surface area contributed by atoms with Gasteiger partial charge in [0.15, 0.2) is 0 Å². The number of carbonyl (C=O) groups excluding carboxylic acids is 1. The number of hydrogen-bond acceptors (Lipinski definition) is 2. The molecule has 2 aliphatic rings. The lowest BCUT2D eigenvalue weighted by atomic mass is 9.95. The quantitative estimate of drug-likeness (QED) is 0.461. The fourth-order valence-electron chi connectivity index (χ4n) is 2.31. The normalized spacial score (nSPS) is 37.2. The Balaban J connectivity index is 1.83. The van der Waals surface area contributed by atoms with Gasteiger partial charge in [-0.15, -0.1) is 0 Å². The molecule has 2 heteroatoms. The minimum Gasteiger partial charge on any atom is -0.466 e. The van der Waals surface area contributed by atoms with E-state index in [1.165, 1.54) is 19.8 Å². The highest BCUT2D eigenvalue weighted by molar-refractivity contribution is 5.65. The number of ether oxygens (including phenoxy) is 1. The van der Waals surface area contributed by atoms with Crippen LogP contribution in [0.5, 0.6) is 0 Å². The molecule has 0 amide bonds. The maximum atomic E-state index is 10.6. The standard InChI is InChI=1S/C10H14O2/c1-7(11)12-6-10-5-8-2-3-9(10)4-8/h2-3,8-10H,4-6H2,1H3/t8-,9+,10?/m1/s1. The summed E-state index contributed by atoms with van der Waals surface area (Å²) in [5.74, 6) is 1.91. The second kappa shape index (κ2) is 2.92. The molecule has 0 aromatic heterocycles. The van der Waals surface area contributed by atoms with Crippen molar-refractivity contribution < 1.29 is 9.53 Å². The van der Waals surface area contributed by atoms with E-state index in [4.69, 9.17) is 4.74 Å². The van der Waals surface area contributed by atoms with Gasteiger partial charge in [0.05, 0.1) is 6.61 Å². The molecule has 2 aliphatic carbocycles. The van der Waals surface area contributed by atoms with Crippen LogP contribution in [0.4, 0.5) is 0 Å². The second-order valence-corrected chi connectivity index (χ2v) is 3.84. The van der Waals surface area contributed by atoms with Crippen molar-refractivity contribution in [2.45, 2.75) is 19.8 Å². The lowest BCUT2D eigenvalue weighted by Crippen LogP contribution is -2.16. The number of fused-ring (bicyclic) bond motifs is 2. The van der Waals surface area contributed by atoms with Crippen LogP contribution < -0.4 is 0 Å². The summed E-state index contributed by atoms with van der Waals surface area (Å²) in [7, 11) is 0. The lowest BCUT2D eigenvalue weighted by molar-refractivity contribution is -0.142. The SMILES string of the molecule is CC(=O)OCC1C[C@@H]2C=C[C@H]1C2. The van der Waals surface area contributed by atoms with Gasteiger partial charge in [0.1, 0.15) is 0 Å². The van der Waals surface area contributed by atoms with Crippen LogP contribution in [0, 0.1) is 17.8 Å². The van der Waals surface area contributed by atoms with E-state index in [2.05, 4.69) is 12.2 Å². The van der Waals surface area contributed by atoms with E-state index < -0.39 is 0 Å². The summed E-state index contributed by atoms with van der Waals surface area (Å²) in [5.41, 5.74) is 0. The first-order valence-electron chi connectivity index (χ1n) is 4.57. The Morgan fingerprint density at radius 3 is 2.83 bits per heavy atom. The summed E-state index contributed by atoms with van der Waals surface area (Å²) >= 11 is 0. The molecule has 2 rings (SSSR count). The minimum atomic E-state index is -0.151.